The first kappa shape index (κ1) is 23.2. The zero-order valence-corrected chi connectivity index (χ0v) is 21.2. The molecule has 0 aliphatic heterocycles. The second kappa shape index (κ2) is 9.77. The molecule has 0 aromatic heterocycles. The molecular weight excluding hydrogens is 398 g/mol. The van der Waals surface area contributed by atoms with Crippen molar-refractivity contribution in [3.05, 3.63) is 96.1 Å². The van der Waals surface area contributed by atoms with Crippen molar-refractivity contribution in [2.45, 2.75) is 64.2 Å². The molecule has 30 heavy (non-hydrogen) atoms. The van der Waals surface area contributed by atoms with Gasteiger partial charge in [0, 0.05) is 6.16 Å². The highest BCUT2D eigenvalue weighted by atomic mass is 31.1. The van der Waals surface area contributed by atoms with Crippen molar-refractivity contribution in [1.82, 2.24) is 0 Å². The first-order valence-corrected chi connectivity index (χ1v) is 13.9. The lowest BCUT2D eigenvalue weighted by Gasteiger charge is -2.42. The maximum absolute atomic E-state index is 2.42. The summed E-state index contributed by atoms with van der Waals surface area (Å²) in [6, 6.07) is 31.4. The molecule has 0 unspecified atom stereocenters. The highest BCUT2D eigenvalue weighted by Crippen LogP contribution is 2.61. The summed E-state index contributed by atoms with van der Waals surface area (Å²) in [5, 5.41) is 3.60. The molecule has 0 saturated heterocycles. The largest absolute Gasteiger partial charge is 0.0911 e. The van der Waals surface area contributed by atoms with Crippen molar-refractivity contribution in [2.75, 3.05) is 0 Å². The fraction of sp³-hybridized carbons (Fsp3) is 0.357. The van der Waals surface area contributed by atoms with Crippen LogP contribution in [0.2, 0.25) is 0 Å². The third-order valence-electron chi connectivity index (χ3n) is 5.53. The molecule has 2 heteroatoms. The van der Waals surface area contributed by atoms with Gasteiger partial charge in [-0.05, 0) is 46.1 Å². The van der Waals surface area contributed by atoms with E-state index in [0.29, 0.717) is 10.3 Å². The summed E-state index contributed by atoms with van der Waals surface area (Å²) in [5.74, 6) is 0. The van der Waals surface area contributed by atoms with Crippen LogP contribution in [0.4, 0.5) is 0 Å². The number of rotatable bonds is 6. The van der Waals surface area contributed by atoms with Gasteiger partial charge in [0.2, 0.25) is 0 Å². The van der Waals surface area contributed by atoms with Crippen molar-refractivity contribution in [1.29, 1.82) is 0 Å². The molecule has 0 radical (unpaired) electrons. The summed E-state index contributed by atoms with van der Waals surface area (Å²) in [5.41, 5.74) is 3.07. The molecule has 3 aromatic rings. The van der Waals surface area contributed by atoms with Crippen LogP contribution in [0.25, 0.3) is 0 Å². The van der Waals surface area contributed by atoms with Gasteiger partial charge in [-0.15, -0.1) is 0 Å². The highest BCUT2D eigenvalue weighted by Gasteiger charge is 2.34. The topological polar surface area (TPSA) is 0 Å². The molecule has 0 fully saturated rings. The van der Waals surface area contributed by atoms with E-state index >= 15 is 0 Å². The maximum Gasteiger partial charge on any atom is 0.00103 e. The normalized spacial score (nSPS) is 12.5. The standard InChI is InChI=1S/C28H36P2/c1-27(2,3)30(28(4,5)6)22-24-16-14-13-15-23(24)21-29(25-17-9-7-10-18-25)26-19-11-8-12-20-26/h7-20H,21-22H2,1-6H3. The van der Waals surface area contributed by atoms with Crippen molar-refractivity contribution < 1.29 is 0 Å². The molecule has 3 aromatic carbocycles. The van der Waals surface area contributed by atoms with E-state index in [1.165, 1.54) is 22.3 Å². The van der Waals surface area contributed by atoms with Crippen molar-refractivity contribution in [3.63, 3.8) is 0 Å². The fourth-order valence-corrected chi connectivity index (χ4v) is 10.2. The molecule has 0 spiro atoms. The first-order valence-electron chi connectivity index (χ1n) is 10.9. The van der Waals surface area contributed by atoms with E-state index in [9.17, 15) is 0 Å². The summed E-state index contributed by atoms with van der Waals surface area (Å²) in [4.78, 5) is 0. The number of hydrogen-bond acceptors (Lipinski definition) is 0. The SMILES string of the molecule is CC(C)(C)P(Cc1ccccc1CP(c1ccccc1)c1ccccc1)C(C)(C)C. The van der Waals surface area contributed by atoms with Gasteiger partial charge in [-0.2, -0.15) is 0 Å². The summed E-state index contributed by atoms with van der Waals surface area (Å²) in [6.07, 6.45) is 2.31. The summed E-state index contributed by atoms with van der Waals surface area (Å²) in [7, 11) is -0.579. The minimum Gasteiger partial charge on any atom is -0.0911 e. The third kappa shape index (κ3) is 6.03. The zero-order valence-electron chi connectivity index (χ0n) is 19.4. The van der Waals surface area contributed by atoms with E-state index in [1.54, 1.807) is 5.56 Å². The first-order chi connectivity index (χ1) is 14.2. The van der Waals surface area contributed by atoms with E-state index in [0.717, 1.165) is 6.16 Å². The maximum atomic E-state index is 2.42. The van der Waals surface area contributed by atoms with E-state index < -0.39 is 7.92 Å². The Morgan fingerprint density at radius 3 is 1.27 bits per heavy atom. The Morgan fingerprint density at radius 1 is 0.500 bits per heavy atom. The molecule has 0 heterocycles. The van der Waals surface area contributed by atoms with Crippen molar-refractivity contribution in [2.24, 2.45) is 0 Å². The Hall–Kier alpha value is -1.48. The molecule has 0 aliphatic rings. The summed E-state index contributed by atoms with van der Waals surface area (Å²) < 4.78 is 0. The third-order valence-corrected chi connectivity index (χ3v) is 11.9. The molecule has 0 amide bonds. The van der Waals surface area contributed by atoms with Crippen LogP contribution in [0.5, 0.6) is 0 Å². The Kier molecular flexibility index (Phi) is 7.55. The van der Waals surface area contributed by atoms with E-state index in [2.05, 4.69) is 126 Å². The molecule has 0 atom stereocenters. The van der Waals surface area contributed by atoms with Gasteiger partial charge in [0.15, 0.2) is 0 Å². The van der Waals surface area contributed by atoms with Gasteiger partial charge in [-0.1, -0.05) is 134 Å². The van der Waals surface area contributed by atoms with Gasteiger partial charge >= 0.3 is 0 Å². The van der Waals surface area contributed by atoms with Crippen LogP contribution >= 0.6 is 15.8 Å². The van der Waals surface area contributed by atoms with Gasteiger partial charge in [0.05, 0.1) is 0 Å². The van der Waals surface area contributed by atoms with Gasteiger partial charge < -0.3 is 0 Å². The quantitative estimate of drug-likeness (QED) is 0.346. The minimum atomic E-state index is -0.417. The monoisotopic (exact) mass is 434 g/mol. The van der Waals surface area contributed by atoms with Gasteiger partial charge in [0.1, 0.15) is 0 Å². The Morgan fingerprint density at radius 2 is 0.867 bits per heavy atom. The van der Waals surface area contributed by atoms with Gasteiger partial charge in [0.25, 0.3) is 0 Å². The lowest BCUT2D eigenvalue weighted by atomic mass is 10.1. The predicted molar refractivity (Wildman–Crippen MR) is 139 cm³/mol. The van der Waals surface area contributed by atoms with E-state index in [-0.39, 0.29) is 7.92 Å². The average Bonchev–Trinajstić information content (AvgIpc) is 2.70. The van der Waals surface area contributed by atoms with Crippen LogP contribution in [-0.2, 0) is 12.3 Å². The summed E-state index contributed by atoms with van der Waals surface area (Å²) in [6.45, 7) is 14.5. The lowest BCUT2D eigenvalue weighted by Crippen LogP contribution is -2.26. The van der Waals surface area contributed by atoms with Crippen LogP contribution in [0.1, 0.15) is 52.7 Å². The molecule has 158 valence electrons. The lowest BCUT2D eigenvalue weighted by molar-refractivity contribution is 0.702. The fourth-order valence-electron chi connectivity index (χ4n) is 4.23. The molecule has 0 nitrogen and oxygen atoms in total. The number of hydrogen-bond donors (Lipinski definition) is 0. The van der Waals surface area contributed by atoms with Crippen LogP contribution < -0.4 is 10.6 Å². The van der Waals surface area contributed by atoms with Crippen LogP contribution in [0.15, 0.2) is 84.9 Å². The predicted octanol–water partition coefficient (Wildman–Crippen LogP) is 7.90. The Balaban J connectivity index is 1.98. The van der Waals surface area contributed by atoms with Crippen molar-refractivity contribution in [3.8, 4) is 0 Å². The molecule has 0 bridgehead atoms. The molecule has 0 saturated carbocycles. The van der Waals surface area contributed by atoms with Crippen LogP contribution in [0, 0.1) is 0 Å². The van der Waals surface area contributed by atoms with Crippen LogP contribution in [-0.4, -0.2) is 10.3 Å². The van der Waals surface area contributed by atoms with E-state index in [1.807, 2.05) is 0 Å². The minimum absolute atomic E-state index is 0.162. The average molecular weight is 435 g/mol. The second-order valence-corrected chi connectivity index (χ2v) is 16.0. The smallest absolute Gasteiger partial charge is 0.00103 e. The second-order valence-electron chi connectivity index (χ2n) is 9.95. The highest BCUT2D eigenvalue weighted by molar-refractivity contribution is 7.72. The molecule has 0 aliphatic carbocycles. The van der Waals surface area contributed by atoms with Crippen molar-refractivity contribution >= 4 is 26.5 Å². The Labute approximate surface area is 186 Å². The van der Waals surface area contributed by atoms with Crippen LogP contribution in [0.3, 0.4) is 0 Å². The zero-order chi connectivity index (χ0) is 21.8. The molecular formula is C28H36P2. The van der Waals surface area contributed by atoms with Gasteiger partial charge in [-0.3, -0.25) is 0 Å². The molecule has 3 rings (SSSR count). The van der Waals surface area contributed by atoms with Gasteiger partial charge in [-0.25, -0.2) is 0 Å². The van der Waals surface area contributed by atoms with E-state index in [4.69, 9.17) is 0 Å². The Bertz CT molecular complexity index is 865. The summed E-state index contributed by atoms with van der Waals surface area (Å²) >= 11 is 0. The molecule has 0 N–H and O–H groups in total. The number of benzene rings is 3.